The number of unbranched alkanes of at least 4 members (excludes halogenated alkanes) is 2. The van der Waals surface area contributed by atoms with E-state index in [0.717, 1.165) is 42.5 Å². The number of amides is 1. The third-order valence-electron chi connectivity index (χ3n) is 9.54. The molecular weight excluding hydrogens is 551 g/mol. The number of Topliss-reactive ketones (excluding diaryl/α,β-unsaturated/α-hetero) is 2. The van der Waals surface area contributed by atoms with Crippen LogP contribution < -0.4 is 10.2 Å². The number of carbonyl (C=O) groups excluding carboxylic acids is 3. The Balaban J connectivity index is 1.45. The molecular formula is C38H33FN2O3. The smallest absolute Gasteiger partial charge is 0.238 e. The SMILES string of the molecule is CCCCCc1ccc(C(=O)[C@@H]2[C@@H](C(=O)c3ccccc3F)N3c4ccccc4C=C[C@@H]3[C@@]23C(=O)Nc2ccccc23)cc1. The van der Waals surface area contributed by atoms with E-state index >= 15 is 4.39 Å². The van der Waals surface area contributed by atoms with E-state index in [0.29, 0.717) is 16.8 Å². The lowest BCUT2D eigenvalue weighted by Crippen LogP contribution is -2.51. The average Bonchev–Trinajstić information content (AvgIpc) is 3.53. The number of aryl methyl sites for hydroxylation is 1. The summed E-state index contributed by atoms with van der Waals surface area (Å²) in [6.45, 7) is 2.16. The molecule has 6 heteroatoms. The molecule has 0 aliphatic carbocycles. The summed E-state index contributed by atoms with van der Waals surface area (Å²) < 4.78 is 15.3. The number of hydrogen-bond donors (Lipinski definition) is 1. The number of nitrogens with one attached hydrogen (secondary N) is 1. The van der Waals surface area contributed by atoms with Crippen molar-refractivity contribution >= 4 is 34.9 Å². The van der Waals surface area contributed by atoms with Crippen LogP contribution in [0.1, 0.15) is 63.6 Å². The molecule has 1 amide bonds. The Labute approximate surface area is 256 Å². The molecule has 0 aromatic heterocycles. The quantitative estimate of drug-likeness (QED) is 0.173. The summed E-state index contributed by atoms with van der Waals surface area (Å²) in [6, 6.07) is 26.6. The zero-order valence-electron chi connectivity index (χ0n) is 24.5. The number of rotatable bonds is 8. The molecule has 0 radical (unpaired) electrons. The van der Waals surface area contributed by atoms with Crippen molar-refractivity contribution < 1.29 is 18.8 Å². The van der Waals surface area contributed by atoms with E-state index in [-0.39, 0.29) is 17.3 Å². The van der Waals surface area contributed by atoms with Crippen LogP contribution in [-0.4, -0.2) is 29.6 Å². The first kappa shape index (κ1) is 28.0. The second-order valence-corrected chi connectivity index (χ2v) is 11.9. The summed E-state index contributed by atoms with van der Waals surface area (Å²) in [6.07, 6.45) is 8.11. The van der Waals surface area contributed by atoms with E-state index in [1.54, 1.807) is 6.07 Å². The molecule has 0 unspecified atom stereocenters. The van der Waals surface area contributed by atoms with Gasteiger partial charge in [0.05, 0.1) is 17.5 Å². The largest absolute Gasteiger partial charge is 0.352 e. The van der Waals surface area contributed by atoms with Gasteiger partial charge in [-0.1, -0.05) is 105 Å². The molecule has 7 rings (SSSR count). The lowest BCUT2D eigenvalue weighted by molar-refractivity contribution is -0.121. The van der Waals surface area contributed by atoms with Gasteiger partial charge in [-0.2, -0.15) is 0 Å². The predicted molar refractivity (Wildman–Crippen MR) is 171 cm³/mol. The number of anilines is 2. The number of ketones is 2. The lowest BCUT2D eigenvalue weighted by Gasteiger charge is -2.37. The minimum absolute atomic E-state index is 0.101. The Morgan fingerprint density at radius 3 is 2.39 bits per heavy atom. The molecule has 3 heterocycles. The van der Waals surface area contributed by atoms with Gasteiger partial charge in [0, 0.05) is 16.9 Å². The van der Waals surface area contributed by atoms with Gasteiger partial charge in [0.25, 0.3) is 0 Å². The normalized spacial score (nSPS) is 22.8. The first-order valence-electron chi connectivity index (χ1n) is 15.3. The van der Waals surface area contributed by atoms with Gasteiger partial charge in [-0.25, -0.2) is 4.39 Å². The Morgan fingerprint density at radius 1 is 0.864 bits per heavy atom. The van der Waals surface area contributed by atoms with Crippen LogP contribution in [0.4, 0.5) is 15.8 Å². The molecule has 4 atom stereocenters. The van der Waals surface area contributed by atoms with Crippen molar-refractivity contribution in [3.8, 4) is 0 Å². The first-order valence-corrected chi connectivity index (χ1v) is 15.3. The highest BCUT2D eigenvalue weighted by molar-refractivity contribution is 6.18. The van der Waals surface area contributed by atoms with Crippen molar-refractivity contribution in [3.63, 3.8) is 0 Å². The zero-order valence-corrected chi connectivity index (χ0v) is 24.5. The van der Waals surface area contributed by atoms with Gasteiger partial charge in [0.15, 0.2) is 11.6 Å². The molecule has 0 bridgehead atoms. The van der Waals surface area contributed by atoms with Crippen LogP contribution in [0.2, 0.25) is 0 Å². The van der Waals surface area contributed by atoms with Crippen molar-refractivity contribution in [3.05, 3.63) is 137 Å². The van der Waals surface area contributed by atoms with E-state index in [9.17, 15) is 14.4 Å². The van der Waals surface area contributed by atoms with Gasteiger partial charge >= 0.3 is 0 Å². The average molecular weight is 585 g/mol. The molecule has 0 saturated carbocycles. The maximum Gasteiger partial charge on any atom is 0.238 e. The van der Waals surface area contributed by atoms with E-state index in [1.807, 2.05) is 89.8 Å². The molecule has 1 saturated heterocycles. The summed E-state index contributed by atoms with van der Waals surface area (Å²) in [5, 5.41) is 3.03. The zero-order chi connectivity index (χ0) is 30.4. The van der Waals surface area contributed by atoms with Gasteiger partial charge in [0.2, 0.25) is 5.91 Å². The molecule has 1 fully saturated rings. The molecule has 1 spiro atoms. The van der Waals surface area contributed by atoms with Gasteiger partial charge in [-0.3, -0.25) is 14.4 Å². The second kappa shape index (κ2) is 11.0. The van der Waals surface area contributed by atoms with Gasteiger partial charge < -0.3 is 10.2 Å². The first-order chi connectivity index (χ1) is 21.5. The third-order valence-corrected chi connectivity index (χ3v) is 9.54. The molecule has 5 nitrogen and oxygen atoms in total. The van der Waals surface area contributed by atoms with Gasteiger partial charge in [0.1, 0.15) is 17.3 Å². The van der Waals surface area contributed by atoms with Crippen molar-refractivity contribution in [2.75, 3.05) is 10.2 Å². The van der Waals surface area contributed by atoms with Gasteiger partial charge in [-0.15, -0.1) is 0 Å². The number of hydrogen-bond acceptors (Lipinski definition) is 4. The van der Waals surface area contributed by atoms with Crippen LogP contribution in [-0.2, 0) is 16.6 Å². The van der Waals surface area contributed by atoms with Crippen LogP contribution in [0.25, 0.3) is 6.08 Å². The van der Waals surface area contributed by atoms with Gasteiger partial charge in [-0.05, 0) is 53.8 Å². The Kier molecular flexibility index (Phi) is 7.00. The monoisotopic (exact) mass is 584 g/mol. The second-order valence-electron chi connectivity index (χ2n) is 11.9. The fourth-order valence-corrected chi connectivity index (χ4v) is 7.53. The lowest BCUT2D eigenvalue weighted by atomic mass is 9.64. The predicted octanol–water partition coefficient (Wildman–Crippen LogP) is 7.41. The molecule has 3 aliphatic heterocycles. The highest BCUT2D eigenvalue weighted by Crippen LogP contribution is 2.58. The number of nitrogens with zero attached hydrogens (tertiary/aromatic N) is 1. The topological polar surface area (TPSA) is 66.5 Å². The van der Waals surface area contributed by atoms with E-state index < -0.39 is 35.0 Å². The Morgan fingerprint density at radius 2 is 1.59 bits per heavy atom. The van der Waals surface area contributed by atoms with Crippen LogP contribution in [0, 0.1) is 11.7 Å². The number of benzene rings is 4. The molecule has 3 aliphatic rings. The maximum absolute atomic E-state index is 15.3. The summed E-state index contributed by atoms with van der Waals surface area (Å²) in [7, 11) is 0. The van der Waals surface area contributed by atoms with Crippen LogP contribution in [0.3, 0.4) is 0 Å². The van der Waals surface area contributed by atoms with Crippen LogP contribution in [0.15, 0.2) is 103 Å². The molecule has 4 aromatic carbocycles. The highest BCUT2D eigenvalue weighted by atomic mass is 19.1. The maximum atomic E-state index is 15.3. The van der Waals surface area contributed by atoms with Crippen LogP contribution in [0.5, 0.6) is 0 Å². The Bertz CT molecular complexity index is 1810. The van der Waals surface area contributed by atoms with E-state index in [2.05, 4.69) is 12.2 Å². The molecule has 44 heavy (non-hydrogen) atoms. The van der Waals surface area contributed by atoms with Crippen molar-refractivity contribution in [2.24, 2.45) is 5.92 Å². The fraction of sp³-hybridized carbons (Fsp3) is 0.237. The summed E-state index contributed by atoms with van der Waals surface area (Å²) in [5.74, 6) is -2.97. The van der Waals surface area contributed by atoms with E-state index in [4.69, 9.17) is 0 Å². The summed E-state index contributed by atoms with van der Waals surface area (Å²) >= 11 is 0. The highest BCUT2D eigenvalue weighted by Gasteiger charge is 2.70. The minimum Gasteiger partial charge on any atom is -0.352 e. The number of halogens is 1. The third kappa shape index (κ3) is 4.15. The Hall–Kier alpha value is -4.84. The fourth-order valence-electron chi connectivity index (χ4n) is 7.53. The number of fused-ring (bicyclic) bond motifs is 6. The van der Waals surface area contributed by atoms with Crippen molar-refractivity contribution in [1.82, 2.24) is 0 Å². The number of carbonyl (C=O) groups is 3. The van der Waals surface area contributed by atoms with Crippen LogP contribution >= 0.6 is 0 Å². The van der Waals surface area contributed by atoms with Crippen molar-refractivity contribution in [1.29, 1.82) is 0 Å². The molecule has 4 aromatic rings. The number of para-hydroxylation sites is 2. The van der Waals surface area contributed by atoms with Crippen molar-refractivity contribution in [2.45, 2.75) is 50.1 Å². The summed E-state index contributed by atoms with van der Waals surface area (Å²) in [5.41, 5.74) is 2.91. The van der Waals surface area contributed by atoms with E-state index in [1.165, 1.54) is 18.2 Å². The molecule has 1 N–H and O–H groups in total. The minimum atomic E-state index is -1.43. The molecule has 220 valence electrons. The standard InChI is InChI=1S/C38H33FN2O3/c1-2-3-4-11-24-18-20-26(21-19-24)35(42)33-34(36(43)27-13-6-8-15-29(27)39)41-31-17-10-5-12-25(31)22-23-32(41)38(33)28-14-7-9-16-30(28)40-37(38)44/h5-10,12-23,32-34H,2-4,11H2,1H3,(H,40,44)/t32-,33+,34+,38-/m1/s1. The summed E-state index contributed by atoms with van der Waals surface area (Å²) in [4.78, 5) is 45.9.